The molecular weight excluding hydrogens is 596 g/mol. The Morgan fingerprint density at radius 1 is 0.638 bits per heavy atom. The highest BCUT2D eigenvalue weighted by Gasteiger charge is 2.35. The molecule has 47 heavy (non-hydrogen) atoms. The summed E-state index contributed by atoms with van der Waals surface area (Å²) in [6.45, 7) is 7.81. The maximum atomic E-state index is 13.7. The van der Waals surface area contributed by atoms with E-state index in [1.165, 1.54) is 12.8 Å². The summed E-state index contributed by atoms with van der Waals surface area (Å²) in [7, 11) is 0. The van der Waals surface area contributed by atoms with Crippen LogP contribution in [-0.2, 0) is 0 Å². The van der Waals surface area contributed by atoms with E-state index in [9.17, 15) is 8.78 Å². The second-order valence-corrected chi connectivity index (χ2v) is 12.1. The Kier molecular flexibility index (Phi) is 11.5. The molecule has 0 spiro atoms. The van der Waals surface area contributed by atoms with E-state index in [-0.39, 0.29) is 13.0 Å². The molecule has 2 unspecified atom stereocenters. The van der Waals surface area contributed by atoms with Crippen LogP contribution in [0.25, 0.3) is 0 Å². The first-order valence-electron chi connectivity index (χ1n) is 16.2. The van der Waals surface area contributed by atoms with Crippen LogP contribution in [0.4, 0.5) is 48.6 Å². The smallest absolute Gasteiger partial charge is 0.265 e. The predicted octanol–water partition coefficient (Wildman–Crippen LogP) is 12.6. The van der Waals surface area contributed by atoms with E-state index in [1.54, 1.807) is 41.3 Å². The normalized spacial score (nSPS) is 16.2. The molecule has 1 fully saturated rings. The third-order valence-corrected chi connectivity index (χ3v) is 8.21. The highest BCUT2D eigenvalue weighted by atomic mass is 19.3. The molecule has 0 amide bonds. The van der Waals surface area contributed by atoms with Gasteiger partial charge in [-0.3, -0.25) is 0 Å². The molecule has 1 heterocycles. The number of piperidine rings is 1. The minimum absolute atomic E-state index is 0.0529. The van der Waals surface area contributed by atoms with E-state index in [2.05, 4.69) is 51.5 Å². The van der Waals surface area contributed by atoms with Crippen molar-refractivity contribution in [2.75, 3.05) is 24.6 Å². The van der Waals surface area contributed by atoms with E-state index in [0.29, 0.717) is 59.8 Å². The molecule has 0 aromatic heterocycles. The second-order valence-electron chi connectivity index (χ2n) is 12.1. The molecule has 244 valence electrons. The molecular formula is C37H41F2N7O. The van der Waals surface area contributed by atoms with Gasteiger partial charge in [0.25, 0.3) is 5.92 Å². The minimum atomic E-state index is -2.64. The van der Waals surface area contributed by atoms with Gasteiger partial charge in [0, 0.05) is 18.7 Å². The number of nitrogens with zero attached hydrogens (tertiary/aromatic N) is 7. The topological polar surface area (TPSA) is 86.6 Å². The molecule has 4 aromatic rings. The number of ether oxygens (including phenoxy) is 1. The van der Waals surface area contributed by atoms with E-state index in [4.69, 9.17) is 4.74 Å². The fourth-order valence-corrected chi connectivity index (χ4v) is 5.18. The van der Waals surface area contributed by atoms with Crippen LogP contribution < -0.4 is 9.64 Å². The average Bonchev–Trinajstić information content (AvgIpc) is 3.09. The number of rotatable bonds is 13. The molecule has 1 aliphatic heterocycles. The van der Waals surface area contributed by atoms with Gasteiger partial charge in [-0.25, -0.2) is 8.78 Å². The molecule has 1 saturated heterocycles. The zero-order valence-corrected chi connectivity index (χ0v) is 27.1. The first-order valence-corrected chi connectivity index (χ1v) is 16.2. The lowest BCUT2D eigenvalue weighted by molar-refractivity contribution is -0.0116. The van der Waals surface area contributed by atoms with Gasteiger partial charge in [-0.1, -0.05) is 33.6 Å². The van der Waals surface area contributed by atoms with Crippen LogP contribution in [0.2, 0.25) is 0 Å². The fraction of sp³-hybridized carbons (Fsp3) is 0.351. The van der Waals surface area contributed by atoms with Gasteiger partial charge < -0.3 is 9.64 Å². The molecule has 0 saturated carbocycles. The highest BCUT2D eigenvalue weighted by Crippen LogP contribution is 2.32. The van der Waals surface area contributed by atoms with Gasteiger partial charge in [-0.15, -0.1) is 0 Å². The summed E-state index contributed by atoms with van der Waals surface area (Å²) in [5, 5.41) is 25.8. The molecule has 0 bridgehead atoms. The number of hydrogen-bond acceptors (Lipinski definition) is 8. The number of anilines is 1. The largest absolute Gasteiger partial charge is 0.493 e. The number of azo groups is 3. The van der Waals surface area contributed by atoms with Crippen molar-refractivity contribution in [1.29, 1.82) is 0 Å². The van der Waals surface area contributed by atoms with Gasteiger partial charge in [-0.05, 0) is 115 Å². The lowest BCUT2D eigenvalue weighted by Gasteiger charge is -2.34. The van der Waals surface area contributed by atoms with E-state index in [0.717, 1.165) is 17.1 Å². The summed E-state index contributed by atoms with van der Waals surface area (Å²) in [6, 6.07) is 29.4. The quantitative estimate of drug-likeness (QED) is 0.137. The maximum absolute atomic E-state index is 13.7. The second kappa shape index (κ2) is 16.1. The molecule has 10 heteroatoms. The standard InChI is InChI=1S/C37H41F2N7O/c1-4-6-27(2)28(3)25-47-36-21-17-34(18-22-36)45-43-32-13-9-30(10-14-32)41-40-29-7-11-31(12-8-29)42-44-33-15-19-35(20-16-33)46-24-5-23-37(38,39)26-46/h7-22,27-28H,4-6,23-26H2,1-3H3/b41-40+,44-42+,45-43+. The van der Waals surface area contributed by atoms with Crippen LogP contribution in [0.3, 0.4) is 0 Å². The van der Waals surface area contributed by atoms with Gasteiger partial charge in [0.2, 0.25) is 0 Å². The molecule has 2 atom stereocenters. The summed E-state index contributed by atoms with van der Waals surface area (Å²) in [4.78, 5) is 1.71. The molecule has 0 aliphatic carbocycles. The van der Waals surface area contributed by atoms with Crippen LogP contribution in [0.5, 0.6) is 5.75 Å². The summed E-state index contributed by atoms with van der Waals surface area (Å²) in [5.74, 6) is -0.659. The Morgan fingerprint density at radius 3 is 1.45 bits per heavy atom. The Morgan fingerprint density at radius 2 is 1.04 bits per heavy atom. The highest BCUT2D eigenvalue weighted by molar-refractivity contribution is 5.54. The zero-order chi connectivity index (χ0) is 33.1. The maximum Gasteiger partial charge on any atom is 0.265 e. The van der Waals surface area contributed by atoms with Crippen molar-refractivity contribution in [3.05, 3.63) is 97.1 Å². The molecule has 0 radical (unpaired) electrons. The van der Waals surface area contributed by atoms with Crippen molar-refractivity contribution < 1.29 is 13.5 Å². The van der Waals surface area contributed by atoms with Gasteiger partial charge >= 0.3 is 0 Å². The molecule has 4 aromatic carbocycles. The van der Waals surface area contributed by atoms with Crippen molar-refractivity contribution in [2.24, 2.45) is 42.5 Å². The Bertz CT molecular complexity index is 1640. The van der Waals surface area contributed by atoms with Crippen molar-refractivity contribution in [3.8, 4) is 5.75 Å². The number of benzene rings is 4. The Balaban J connectivity index is 1.08. The lowest BCUT2D eigenvalue weighted by Crippen LogP contribution is -2.42. The SMILES string of the molecule is CCCC(C)C(C)COc1ccc(/N=N/c2ccc(/N=N/c3ccc(/N=N/c4ccc(N5CCCC(F)(F)C5)cc4)cc3)cc2)cc1. The molecule has 0 N–H and O–H groups in total. The van der Waals surface area contributed by atoms with Gasteiger partial charge in [0.15, 0.2) is 0 Å². The number of alkyl halides is 2. The van der Waals surface area contributed by atoms with E-state index in [1.807, 2.05) is 60.7 Å². The van der Waals surface area contributed by atoms with Crippen LogP contribution in [-0.4, -0.2) is 25.6 Å². The summed E-state index contributed by atoms with van der Waals surface area (Å²) in [5.41, 5.74) is 4.89. The van der Waals surface area contributed by atoms with Crippen LogP contribution in [0.1, 0.15) is 46.5 Å². The number of hydrogen-bond donors (Lipinski definition) is 0. The van der Waals surface area contributed by atoms with Crippen molar-refractivity contribution >= 4 is 39.8 Å². The summed E-state index contributed by atoms with van der Waals surface area (Å²) < 4.78 is 33.5. The Labute approximate surface area is 275 Å². The van der Waals surface area contributed by atoms with Crippen LogP contribution in [0, 0.1) is 11.8 Å². The van der Waals surface area contributed by atoms with Crippen LogP contribution >= 0.6 is 0 Å². The molecule has 8 nitrogen and oxygen atoms in total. The monoisotopic (exact) mass is 637 g/mol. The average molecular weight is 638 g/mol. The van der Waals surface area contributed by atoms with Gasteiger partial charge in [0.05, 0.1) is 47.3 Å². The summed E-state index contributed by atoms with van der Waals surface area (Å²) >= 11 is 0. The predicted molar refractivity (Wildman–Crippen MR) is 183 cm³/mol. The van der Waals surface area contributed by atoms with Gasteiger partial charge in [-0.2, -0.15) is 30.7 Å². The van der Waals surface area contributed by atoms with Crippen molar-refractivity contribution in [2.45, 2.75) is 52.4 Å². The first-order chi connectivity index (χ1) is 22.8. The minimum Gasteiger partial charge on any atom is -0.493 e. The number of halogens is 2. The molecule has 1 aliphatic rings. The van der Waals surface area contributed by atoms with E-state index < -0.39 is 5.92 Å². The Hall–Kier alpha value is -4.86. The van der Waals surface area contributed by atoms with E-state index >= 15 is 0 Å². The lowest BCUT2D eigenvalue weighted by atomic mass is 9.93. The van der Waals surface area contributed by atoms with Crippen molar-refractivity contribution in [1.82, 2.24) is 0 Å². The first kappa shape index (κ1) is 33.5. The van der Waals surface area contributed by atoms with Crippen molar-refractivity contribution in [3.63, 3.8) is 0 Å². The fourth-order valence-electron chi connectivity index (χ4n) is 5.18. The third kappa shape index (κ3) is 10.3. The molecule has 5 rings (SSSR count). The zero-order valence-electron chi connectivity index (χ0n) is 27.1. The summed E-state index contributed by atoms with van der Waals surface area (Å²) in [6.07, 6.45) is 2.83. The van der Waals surface area contributed by atoms with Gasteiger partial charge in [0.1, 0.15) is 5.75 Å². The van der Waals surface area contributed by atoms with Crippen LogP contribution in [0.15, 0.2) is 128 Å². The third-order valence-electron chi connectivity index (χ3n) is 8.21.